The van der Waals surface area contributed by atoms with Gasteiger partial charge in [-0.15, -0.1) is 0 Å². The summed E-state index contributed by atoms with van der Waals surface area (Å²) in [6, 6.07) is 0. The van der Waals surface area contributed by atoms with Crippen LogP contribution in [0.5, 0.6) is 0 Å². The summed E-state index contributed by atoms with van der Waals surface area (Å²) >= 11 is 0. The van der Waals surface area contributed by atoms with Crippen molar-refractivity contribution in [1.29, 1.82) is 0 Å². The highest BCUT2D eigenvalue weighted by Gasteiger charge is 2.04. The van der Waals surface area contributed by atoms with Crippen LogP contribution >= 0.6 is 0 Å². The fourth-order valence-corrected chi connectivity index (χ4v) is 0.364. The number of hydrogen-bond acceptors (Lipinski definition) is 3. The molecule has 0 aromatic rings. The summed E-state index contributed by atoms with van der Waals surface area (Å²) in [5.41, 5.74) is -0.262. The first-order valence-electron chi connectivity index (χ1n) is 2.80. The van der Waals surface area contributed by atoms with Crippen LogP contribution in [0.1, 0.15) is 6.92 Å². The number of carbonyl (C=O) groups is 1. The predicted molar refractivity (Wildman–Crippen MR) is 35.6 cm³/mol. The molecule has 0 rings (SSSR count). The van der Waals surface area contributed by atoms with E-state index in [1.807, 2.05) is 0 Å². The maximum Gasteiger partial charge on any atom is 0.342 e. The van der Waals surface area contributed by atoms with Gasteiger partial charge < -0.3 is 15.3 Å². The Morgan fingerprint density at radius 1 is 1.80 bits per heavy atom. The number of hydrogen-bond donors (Lipinski definition) is 1. The van der Waals surface area contributed by atoms with Crippen LogP contribution in [0, 0.1) is 0 Å². The van der Waals surface area contributed by atoms with E-state index in [1.54, 1.807) is 6.92 Å². The molecule has 0 aliphatic carbocycles. The molecule has 0 saturated heterocycles. The lowest BCUT2D eigenvalue weighted by Gasteiger charge is -2.00. The maximum atomic E-state index is 10.6. The molecule has 4 nitrogen and oxygen atoms in total. The quantitative estimate of drug-likeness (QED) is 0.334. The Labute approximate surface area is 58.6 Å². The normalized spacial score (nSPS) is 8.20. The highest BCUT2D eigenvalue weighted by Crippen LogP contribution is 1.90. The predicted octanol–water partition coefficient (Wildman–Crippen LogP) is -0.293. The van der Waals surface area contributed by atoms with Crippen molar-refractivity contribution in [2.24, 2.45) is 0 Å². The molecule has 10 heavy (non-hydrogen) atoms. The van der Waals surface area contributed by atoms with Gasteiger partial charge in [0.05, 0.1) is 18.8 Å². The van der Waals surface area contributed by atoms with E-state index in [1.165, 1.54) is 5.87 Å². The topological polar surface area (TPSA) is 68.8 Å². The number of esters is 1. The van der Waals surface area contributed by atoms with Gasteiger partial charge in [-0.1, -0.05) is 0 Å². The Bertz CT molecular complexity index is 170. The van der Waals surface area contributed by atoms with Crippen LogP contribution in [0.2, 0.25) is 0 Å². The van der Waals surface area contributed by atoms with Crippen molar-refractivity contribution in [3.05, 3.63) is 11.0 Å². The Morgan fingerprint density at radius 3 is 2.70 bits per heavy atom. The smallest absolute Gasteiger partial charge is 0.342 e. The zero-order valence-corrected chi connectivity index (χ0v) is 5.63. The summed E-state index contributed by atoms with van der Waals surface area (Å²) in [6.45, 7) is 1.28. The van der Waals surface area contributed by atoms with Crippen LogP contribution in [0.25, 0.3) is 5.41 Å². The van der Waals surface area contributed by atoms with Gasteiger partial charge in [0.25, 0.3) is 0 Å². The minimum atomic E-state index is -0.743. The van der Waals surface area contributed by atoms with Crippen LogP contribution in [0.15, 0.2) is 5.57 Å². The summed E-state index contributed by atoms with van der Waals surface area (Å²) in [6.07, 6.45) is 0. The summed E-state index contributed by atoms with van der Waals surface area (Å²) in [7, 11) is 0. The van der Waals surface area contributed by atoms with Crippen molar-refractivity contribution in [3.8, 4) is 0 Å². The number of carbonyl (C=O) groups excluding carboxylic acids is 1. The molecule has 1 N–H and O–H groups in total. The first-order chi connectivity index (χ1) is 4.76. The van der Waals surface area contributed by atoms with Crippen LogP contribution < -0.4 is 0 Å². The molecule has 0 atom stereocenters. The lowest BCUT2D eigenvalue weighted by Crippen LogP contribution is -2.10. The minimum Gasteiger partial charge on any atom is -0.763 e. The molecule has 56 valence electrons. The molecule has 4 heteroatoms. The van der Waals surface area contributed by atoms with E-state index in [0.29, 0.717) is 0 Å². The van der Waals surface area contributed by atoms with Crippen molar-refractivity contribution in [2.75, 3.05) is 13.2 Å². The van der Waals surface area contributed by atoms with Gasteiger partial charge in [-0.2, -0.15) is 0 Å². The third-order valence-corrected chi connectivity index (χ3v) is 0.815. The van der Waals surface area contributed by atoms with E-state index in [2.05, 4.69) is 4.74 Å². The van der Waals surface area contributed by atoms with Crippen molar-refractivity contribution >= 4 is 11.8 Å². The molecule has 0 unspecified atom stereocenters. The van der Waals surface area contributed by atoms with Gasteiger partial charge in [0, 0.05) is 0 Å². The van der Waals surface area contributed by atoms with Crippen LogP contribution in [0.3, 0.4) is 0 Å². The third kappa shape index (κ3) is 2.44. The second-order valence-electron chi connectivity index (χ2n) is 1.47. The van der Waals surface area contributed by atoms with E-state index in [0.717, 1.165) is 0 Å². The Morgan fingerprint density at radius 2 is 2.40 bits per heavy atom. The molecule has 0 aromatic carbocycles. The highest BCUT2D eigenvalue weighted by atomic mass is 16.5. The molecule has 0 saturated carbocycles. The van der Waals surface area contributed by atoms with E-state index < -0.39 is 12.6 Å². The van der Waals surface area contributed by atoms with E-state index >= 15 is 0 Å². The minimum absolute atomic E-state index is 0.212. The largest absolute Gasteiger partial charge is 0.763 e. The Balaban J connectivity index is 4.04. The first kappa shape index (κ1) is 8.88. The van der Waals surface area contributed by atoms with Gasteiger partial charge in [0.1, 0.15) is 0 Å². The van der Waals surface area contributed by atoms with Crippen molar-refractivity contribution in [3.63, 3.8) is 0 Å². The number of ether oxygens (including phenoxy) is 1. The van der Waals surface area contributed by atoms with Gasteiger partial charge in [-0.3, -0.25) is 5.87 Å². The average molecular weight is 142 g/mol. The number of rotatable bonds is 3. The Kier molecular flexibility index (Phi) is 4.20. The van der Waals surface area contributed by atoms with Crippen molar-refractivity contribution in [1.82, 2.24) is 0 Å². The van der Waals surface area contributed by atoms with Gasteiger partial charge in [0.2, 0.25) is 0 Å². The fraction of sp³-hybridized carbons (Fsp3) is 0.500. The molecule has 0 fully saturated rings. The standard InChI is InChI=1S/C6H8NO3/c1-2-10-6(9)5(3-7)4-8/h8H,2,4H2,1H3/q-1. The molecule has 0 aliphatic rings. The van der Waals surface area contributed by atoms with Crippen LogP contribution in [-0.4, -0.2) is 30.2 Å². The van der Waals surface area contributed by atoms with Gasteiger partial charge in [-0.05, 0) is 6.92 Å². The first-order valence-corrected chi connectivity index (χ1v) is 2.80. The summed E-state index contributed by atoms with van der Waals surface area (Å²) < 4.78 is 4.43. The van der Waals surface area contributed by atoms with Gasteiger partial charge in [-0.25, -0.2) is 4.79 Å². The molecule has 0 amide bonds. The molecular formula is C6H8NO3-. The Hall–Kier alpha value is -1.12. The number of aliphatic hydroxyl groups excluding tert-OH is 1. The second kappa shape index (κ2) is 4.73. The zero-order chi connectivity index (χ0) is 7.98. The van der Waals surface area contributed by atoms with Crippen molar-refractivity contribution in [2.45, 2.75) is 6.92 Å². The second-order valence-corrected chi connectivity index (χ2v) is 1.47. The van der Waals surface area contributed by atoms with Crippen LogP contribution in [0.4, 0.5) is 0 Å². The van der Waals surface area contributed by atoms with E-state index in [9.17, 15) is 4.79 Å². The fourth-order valence-electron chi connectivity index (χ4n) is 0.364. The zero-order valence-electron chi connectivity index (χ0n) is 5.63. The van der Waals surface area contributed by atoms with E-state index in [4.69, 9.17) is 10.5 Å². The molecular weight excluding hydrogens is 134 g/mol. The number of aliphatic hydroxyl groups is 1. The molecule has 0 radical (unpaired) electrons. The lowest BCUT2D eigenvalue weighted by molar-refractivity contribution is -0.138. The van der Waals surface area contributed by atoms with Gasteiger partial charge >= 0.3 is 5.97 Å². The summed E-state index contributed by atoms with van der Waals surface area (Å²) in [5, 5.41) is 16.5. The third-order valence-electron chi connectivity index (χ3n) is 0.815. The summed E-state index contributed by atoms with van der Waals surface area (Å²) in [5.74, 6) is 0.785. The maximum absolute atomic E-state index is 10.6. The average Bonchev–Trinajstić information content (AvgIpc) is 1.91. The highest BCUT2D eigenvalue weighted by molar-refractivity contribution is 5.98. The van der Waals surface area contributed by atoms with E-state index in [-0.39, 0.29) is 12.2 Å². The number of nitrogens with zero attached hydrogens (tertiary/aromatic N) is 1. The summed E-state index contributed by atoms with van der Waals surface area (Å²) in [4.78, 5) is 10.6. The van der Waals surface area contributed by atoms with Crippen LogP contribution in [-0.2, 0) is 9.53 Å². The molecule has 0 bridgehead atoms. The molecule has 0 aromatic heterocycles. The van der Waals surface area contributed by atoms with Gasteiger partial charge in [0.15, 0.2) is 0 Å². The SMILES string of the molecule is CCOC(=O)C(=C=[N-])CO. The lowest BCUT2D eigenvalue weighted by atomic mass is 10.3. The monoisotopic (exact) mass is 142 g/mol. The molecule has 0 heterocycles. The van der Waals surface area contributed by atoms with Crippen molar-refractivity contribution < 1.29 is 14.6 Å². The molecule has 0 spiro atoms. The molecule has 0 aliphatic heterocycles.